The van der Waals surface area contributed by atoms with Gasteiger partial charge >= 0.3 is 0 Å². The Morgan fingerprint density at radius 1 is 1.00 bits per heavy atom. The minimum Gasteiger partial charge on any atom is -0.336 e. The molecular formula is C28H23FN8OS. The maximum Gasteiger partial charge on any atom is 0.227 e. The van der Waals surface area contributed by atoms with Crippen molar-refractivity contribution < 1.29 is 9.18 Å². The summed E-state index contributed by atoms with van der Waals surface area (Å²) in [5.41, 5.74) is 5.04. The van der Waals surface area contributed by atoms with Crippen LogP contribution in [0.3, 0.4) is 0 Å². The highest BCUT2D eigenvalue weighted by Crippen LogP contribution is 2.34. The number of carbonyl (C=O) groups is 1. The van der Waals surface area contributed by atoms with Crippen LogP contribution in [0.2, 0.25) is 0 Å². The summed E-state index contributed by atoms with van der Waals surface area (Å²) in [6.07, 6.45) is 11.4. The summed E-state index contributed by atoms with van der Waals surface area (Å²) in [4.78, 5) is 33.9. The molecule has 0 bridgehead atoms. The highest BCUT2D eigenvalue weighted by Gasteiger charge is 2.23. The number of rotatable bonds is 5. The van der Waals surface area contributed by atoms with E-state index in [9.17, 15) is 4.79 Å². The molecule has 39 heavy (non-hydrogen) atoms. The zero-order valence-electron chi connectivity index (χ0n) is 20.7. The lowest BCUT2D eigenvalue weighted by Crippen LogP contribution is -2.24. The molecule has 9 nitrogen and oxygen atoms in total. The zero-order chi connectivity index (χ0) is 26.3. The molecule has 3 N–H and O–H groups in total. The molecule has 7 rings (SSSR count). The molecule has 11 heteroatoms. The average Bonchev–Trinajstić information content (AvgIpc) is 3.73. The Morgan fingerprint density at radius 3 is 2.74 bits per heavy atom. The van der Waals surface area contributed by atoms with Crippen molar-refractivity contribution in [1.82, 2.24) is 35.1 Å². The van der Waals surface area contributed by atoms with Gasteiger partial charge in [-0.1, -0.05) is 19.3 Å². The van der Waals surface area contributed by atoms with Crippen molar-refractivity contribution in [1.29, 1.82) is 0 Å². The normalized spacial score (nSPS) is 14.3. The molecule has 0 unspecified atom stereocenters. The number of anilines is 1. The highest BCUT2D eigenvalue weighted by molar-refractivity contribution is 7.08. The molecule has 0 aromatic carbocycles. The van der Waals surface area contributed by atoms with E-state index in [0.717, 1.165) is 42.5 Å². The molecule has 0 radical (unpaired) electrons. The summed E-state index contributed by atoms with van der Waals surface area (Å²) in [7, 11) is 0. The van der Waals surface area contributed by atoms with E-state index < -0.39 is 5.82 Å². The van der Waals surface area contributed by atoms with Crippen LogP contribution in [-0.4, -0.2) is 41.0 Å². The quantitative estimate of drug-likeness (QED) is 0.235. The van der Waals surface area contributed by atoms with Crippen molar-refractivity contribution in [2.75, 3.05) is 5.32 Å². The molecule has 6 aromatic heterocycles. The molecule has 1 saturated carbocycles. The zero-order valence-corrected chi connectivity index (χ0v) is 21.6. The first-order valence-corrected chi connectivity index (χ1v) is 13.8. The molecule has 0 saturated heterocycles. The Morgan fingerprint density at radius 2 is 1.90 bits per heavy atom. The number of nitrogens with zero attached hydrogens (tertiary/aromatic N) is 5. The van der Waals surface area contributed by atoms with Crippen LogP contribution in [0.5, 0.6) is 0 Å². The van der Waals surface area contributed by atoms with E-state index in [1.54, 1.807) is 36.0 Å². The van der Waals surface area contributed by atoms with Crippen LogP contribution in [-0.2, 0) is 4.79 Å². The third-order valence-corrected chi connectivity index (χ3v) is 7.90. The van der Waals surface area contributed by atoms with Gasteiger partial charge in [-0.25, -0.2) is 9.37 Å². The summed E-state index contributed by atoms with van der Waals surface area (Å²) < 4.78 is 16.1. The Hall–Kier alpha value is -4.51. The van der Waals surface area contributed by atoms with E-state index in [0.29, 0.717) is 33.8 Å². The highest BCUT2D eigenvalue weighted by atomic mass is 32.1. The van der Waals surface area contributed by atoms with Gasteiger partial charge in [-0.3, -0.25) is 24.8 Å². The van der Waals surface area contributed by atoms with Crippen LogP contribution in [0, 0.1) is 11.7 Å². The summed E-state index contributed by atoms with van der Waals surface area (Å²) in [5.74, 6) is -0.147. The summed E-state index contributed by atoms with van der Waals surface area (Å²) in [6, 6.07) is 5.52. The lowest BCUT2D eigenvalue weighted by atomic mass is 9.88. The van der Waals surface area contributed by atoms with E-state index in [-0.39, 0.29) is 22.9 Å². The Balaban J connectivity index is 1.26. The van der Waals surface area contributed by atoms with Crippen molar-refractivity contribution in [2.24, 2.45) is 5.92 Å². The maximum atomic E-state index is 16.1. The fraction of sp³-hybridized carbons (Fsp3) is 0.214. The SMILES string of the molecule is O=C(Nc1cncc(-c2ncc3[nH]nc(-c4nc5c(-c6ccsc6)nccc5[nH]4)c3c2F)c1)C1CCCCC1. The molecular weight excluding hydrogens is 515 g/mol. The number of hydrogen-bond acceptors (Lipinski definition) is 7. The first-order chi connectivity index (χ1) is 19.2. The van der Waals surface area contributed by atoms with Gasteiger partial charge in [0.1, 0.15) is 16.9 Å². The van der Waals surface area contributed by atoms with E-state index in [2.05, 4.69) is 35.5 Å². The number of aromatic nitrogens is 7. The van der Waals surface area contributed by atoms with Crippen LogP contribution in [0.25, 0.3) is 56.0 Å². The Bertz CT molecular complexity index is 1820. The number of pyridine rings is 3. The molecule has 0 aliphatic heterocycles. The Kier molecular flexibility index (Phi) is 5.85. The standard InChI is InChI=1S/C28H23FN8OS/c29-22-21-20(13-32-23(22)17-10-18(12-30-11-17)33-28(38)15-4-2-1-3-5-15)36-37-26(21)27-34-19-6-8-31-24(25(19)35-27)16-7-9-39-14-16/h6-15H,1-5H2,(H,33,38)(H,34,35)(H,36,37). The van der Waals surface area contributed by atoms with Crippen molar-refractivity contribution in [3.8, 4) is 34.0 Å². The molecule has 1 amide bonds. The van der Waals surface area contributed by atoms with Crippen LogP contribution in [0.4, 0.5) is 10.1 Å². The molecule has 0 spiro atoms. The van der Waals surface area contributed by atoms with Gasteiger partial charge in [0.25, 0.3) is 0 Å². The molecule has 1 fully saturated rings. The molecule has 6 heterocycles. The minimum atomic E-state index is -0.551. The first kappa shape index (κ1) is 23.6. The molecule has 0 atom stereocenters. The fourth-order valence-corrected chi connectivity index (χ4v) is 5.89. The van der Waals surface area contributed by atoms with Crippen LogP contribution < -0.4 is 5.32 Å². The minimum absolute atomic E-state index is 0.00127. The molecule has 1 aliphatic carbocycles. The Labute approximate surface area is 226 Å². The summed E-state index contributed by atoms with van der Waals surface area (Å²) >= 11 is 1.58. The van der Waals surface area contributed by atoms with Gasteiger partial charge in [0.2, 0.25) is 5.91 Å². The summed E-state index contributed by atoms with van der Waals surface area (Å²) in [5, 5.41) is 14.4. The van der Waals surface area contributed by atoms with Crippen molar-refractivity contribution >= 4 is 44.9 Å². The largest absolute Gasteiger partial charge is 0.336 e. The second-order valence-electron chi connectivity index (χ2n) is 9.72. The third kappa shape index (κ3) is 4.24. The van der Waals surface area contributed by atoms with Crippen molar-refractivity contribution in [3.63, 3.8) is 0 Å². The molecule has 1 aliphatic rings. The molecule has 194 valence electrons. The number of aromatic amines is 2. The second-order valence-corrected chi connectivity index (χ2v) is 10.5. The number of fused-ring (bicyclic) bond motifs is 2. The first-order valence-electron chi connectivity index (χ1n) is 12.8. The lowest BCUT2D eigenvalue weighted by molar-refractivity contribution is -0.120. The van der Waals surface area contributed by atoms with Crippen LogP contribution in [0.15, 0.2) is 53.7 Å². The fourth-order valence-electron chi connectivity index (χ4n) is 5.25. The average molecular weight is 539 g/mol. The number of halogens is 1. The van der Waals surface area contributed by atoms with Crippen LogP contribution >= 0.6 is 11.3 Å². The second kappa shape index (κ2) is 9.66. The van der Waals surface area contributed by atoms with Gasteiger partial charge in [0, 0.05) is 34.8 Å². The van der Waals surface area contributed by atoms with Gasteiger partial charge in [-0.2, -0.15) is 16.4 Å². The van der Waals surface area contributed by atoms with Gasteiger partial charge in [0.05, 0.1) is 40.2 Å². The third-order valence-electron chi connectivity index (χ3n) is 7.22. The number of H-pyrrole nitrogens is 2. The number of carbonyl (C=O) groups excluding carboxylic acids is 1. The monoisotopic (exact) mass is 538 g/mol. The summed E-state index contributed by atoms with van der Waals surface area (Å²) in [6.45, 7) is 0. The maximum absolute atomic E-state index is 16.1. The van der Waals surface area contributed by atoms with E-state index in [4.69, 9.17) is 4.98 Å². The van der Waals surface area contributed by atoms with Gasteiger partial charge < -0.3 is 10.3 Å². The smallest absolute Gasteiger partial charge is 0.227 e. The predicted molar refractivity (Wildman–Crippen MR) is 148 cm³/mol. The predicted octanol–water partition coefficient (Wildman–Crippen LogP) is 6.34. The van der Waals surface area contributed by atoms with Gasteiger partial charge in [-0.05, 0) is 36.4 Å². The van der Waals surface area contributed by atoms with E-state index in [1.807, 2.05) is 22.9 Å². The van der Waals surface area contributed by atoms with Crippen LogP contribution in [0.1, 0.15) is 32.1 Å². The van der Waals surface area contributed by atoms with Gasteiger partial charge in [-0.15, -0.1) is 0 Å². The topological polar surface area (TPSA) is 125 Å². The van der Waals surface area contributed by atoms with E-state index >= 15 is 4.39 Å². The number of imidazole rings is 1. The van der Waals surface area contributed by atoms with Crippen molar-refractivity contribution in [3.05, 3.63) is 59.6 Å². The van der Waals surface area contributed by atoms with Gasteiger partial charge in [0.15, 0.2) is 11.6 Å². The van der Waals surface area contributed by atoms with Crippen molar-refractivity contribution in [2.45, 2.75) is 32.1 Å². The van der Waals surface area contributed by atoms with E-state index in [1.165, 1.54) is 12.6 Å². The number of thiophene rings is 1. The number of amides is 1. The lowest BCUT2D eigenvalue weighted by Gasteiger charge is -2.20. The number of hydrogen-bond donors (Lipinski definition) is 3. The number of nitrogens with one attached hydrogen (secondary N) is 3. The molecule has 6 aromatic rings.